The van der Waals surface area contributed by atoms with Crippen molar-refractivity contribution in [1.82, 2.24) is 9.88 Å². The normalized spacial score (nSPS) is 18.7. The summed E-state index contributed by atoms with van der Waals surface area (Å²) in [5.41, 5.74) is 5.79. The summed E-state index contributed by atoms with van der Waals surface area (Å²) >= 11 is 0. The molecule has 1 aliphatic heterocycles. The Balaban J connectivity index is 1.81. The third-order valence-electron chi connectivity index (χ3n) is 5.03. The molecule has 1 aromatic heterocycles. The van der Waals surface area contributed by atoms with Crippen molar-refractivity contribution in [2.75, 3.05) is 11.9 Å². The minimum atomic E-state index is -4.84. The molecule has 11 heteroatoms. The SMILES string of the molecule is C[C@@H]1CC[C@@H](c2cccc(OC(F)(F)F)c2)N(C(=O)C(=O)Nc2cncc(C(N)=O)c2)C1. The molecule has 2 atom stereocenters. The summed E-state index contributed by atoms with van der Waals surface area (Å²) in [7, 11) is 0. The van der Waals surface area contributed by atoms with E-state index in [1.807, 2.05) is 6.92 Å². The van der Waals surface area contributed by atoms with Crippen LogP contribution in [0.3, 0.4) is 0 Å². The third-order valence-corrected chi connectivity index (χ3v) is 5.03. The van der Waals surface area contributed by atoms with Gasteiger partial charge >= 0.3 is 18.2 Å². The maximum absolute atomic E-state index is 13.0. The maximum Gasteiger partial charge on any atom is 0.573 e. The molecule has 0 saturated carbocycles. The van der Waals surface area contributed by atoms with Gasteiger partial charge < -0.3 is 20.7 Å². The lowest BCUT2D eigenvalue weighted by molar-refractivity contribution is -0.274. The van der Waals surface area contributed by atoms with E-state index in [0.717, 1.165) is 6.42 Å². The van der Waals surface area contributed by atoms with E-state index in [0.29, 0.717) is 12.0 Å². The van der Waals surface area contributed by atoms with Gasteiger partial charge in [-0.15, -0.1) is 13.2 Å². The predicted molar refractivity (Wildman–Crippen MR) is 107 cm³/mol. The molecule has 0 aliphatic carbocycles. The van der Waals surface area contributed by atoms with Crippen LogP contribution in [0.25, 0.3) is 0 Å². The fourth-order valence-corrected chi connectivity index (χ4v) is 3.60. The second-order valence-electron chi connectivity index (χ2n) is 7.56. The van der Waals surface area contributed by atoms with Crippen LogP contribution in [0.4, 0.5) is 18.9 Å². The predicted octanol–water partition coefficient (Wildman–Crippen LogP) is 3.02. The Morgan fingerprint density at radius 1 is 1.19 bits per heavy atom. The smallest absolute Gasteiger partial charge is 0.406 e. The van der Waals surface area contributed by atoms with Crippen molar-refractivity contribution < 1.29 is 32.3 Å². The van der Waals surface area contributed by atoms with E-state index in [9.17, 15) is 27.6 Å². The molecule has 3 amide bonds. The van der Waals surface area contributed by atoms with E-state index in [4.69, 9.17) is 5.73 Å². The molecule has 1 fully saturated rings. The highest BCUT2D eigenvalue weighted by molar-refractivity contribution is 6.39. The van der Waals surface area contributed by atoms with Crippen LogP contribution in [0.15, 0.2) is 42.7 Å². The van der Waals surface area contributed by atoms with Gasteiger partial charge in [-0.1, -0.05) is 19.1 Å². The van der Waals surface area contributed by atoms with Gasteiger partial charge in [0.15, 0.2) is 0 Å². The number of pyridine rings is 1. The number of nitrogens with two attached hydrogens (primary N) is 1. The van der Waals surface area contributed by atoms with Gasteiger partial charge in [0.05, 0.1) is 23.5 Å². The van der Waals surface area contributed by atoms with Crippen molar-refractivity contribution in [1.29, 1.82) is 0 Å². The number of halogens is 3. The number of rotatable bonds is 4. The molecule has 0 unspecified atom stereocenters. The first kappa shape index (κ1) is 23.0. The lowest BCUT2D eigenvalue weighted by Gasteiger charge is -2.38. The van der Waals surface area contributed by atoms with E-state index < -0.39 is 35.9 Å². The van der Waals surface area contributed by atoms with Crippen LogP contribution in [0.2, 0.25) is 0 Å². The van der Waals surface area contributed by atoms with Crippen molar-refractivity contribution in [3.05, 3.63) is 53.9 Å². The second-order valence-corrected chi connectivity index (χ2v) is 7.56. The number of carbonyl (C=O) groups excluding carboxylic acids is 3. The highest BCUT2D eigenvalue weighted by Crippen LogP contribution is 2.35. The minimum Gasteiger partial charge on any atom is -0.406 e. The number of ether oxygens (including phenoxy) is 1. The highest BCUT2D eigenvalue weighted by Gasteiger charge is 2.35. The Kier molecular flexibility index (Phi) is 6.66. The van der Waals surface area contributed by atoms with Crippen LogP contribution in [-0.2, 0) is 9.59 Å². The number of piperidine rings is 1. The average Bonchev–Trinajstić information content (AvgIpc) is 2.72. The Labute approximate surface area is 181 Å². The quantitative estimate of drug-likeness (QED) is 0.695. The summed E-state index contributed by atoms with van der Waals surface area (Å²) in [5, 5.41) is 2.39. The number of amides is 3. The van der Waals surface area contributed by atoms with E-state index in [-0.39, 0.29) is 23.7 Å². The van der Waals surface area contributed by atoms with E-state index >= 15 is 0 Å². The van der Waals surface area contributed by atoms with Crippen molar-refractivity contribution in [2.45, 2.75) is 32.2 Å². The standard InChI is InChI=1S/C21H21F3N4O4/c1-12-5-6-17(13-3-2-4-16(8-13)32-21(22,23)24)28(11-12)20(31)19(30)27-15-7-14(18(25)29)9-26-10-15/h2-4,7-10,12,17H,5-6,11H2,1H3,(H2,25,29)(H,27,30)/t12-,17+/m1/s1. The van der Waals surface area contributed by atoms with E-state index in [2.05, 4.69) is 15.0 Å². The molecule has 1 aliphatic rings. The number of aromatic nitrogens is 1. The molecule has 0 spiro atoms. The van der Waals surface area contributed by atoms with Gasteiger partial charge in [-0.3, -0.25) is 19.4 Å². The first-order chi connectivity index (χ1) is 15.0. The number of hydrogen-bond donors (Lipinski definition) is 2. The fourth-order valence-electron chi connectivity index (χ4n) is 3.60. The summed E-state index contributed by atoms with van der Waals surface area (Å²) in [5.74, 6) is -2.87. The summed E-state index contributed by atoms with van der Waals surface area (Å²) in [4.78, 5) is 42.0. The molecular weight excluding hydrogens is 429 g/mol. The molecular formula is C21H21F3N4O4. The molecule has 32 heavy (non-hydrogen) atoms. The number of benzene rings is 1. The van der Waals surface area contributed by atoms with Crippen LogP contribution in [-0.4, -0.2) is 40.5 Å². The third kappa shape index (κ3) is 5.74. The number of nitrogens with zero attached hydrogens (tertiary/aromatic N) is 2. The molecule has 170 valence electrons. The molecule has 1 saturated heterocycles. The van der Waals surface area contributed by atoms with Crippen LogP contribution in [0, 0.1) is 5.92 Å². The molecule has 3 rings (SSSR count). The zero-order valence-corrected chi connectivity index (χ0v) is 17.1. The second kappa shape index (κ2) is 9.25. The van der Waals surface area contributed by atoms with Gasteiger partial charge in [-0.05, 0) is 42.5 Å². The largest absolute Gasteiger partial charge is 0.573 e. The van der Waals surface area contributed by atoms with Crippen molar-refractivity contribution in [3.8, 4) is 5.75 Å². The lowest BCUT2D eigenvalue weighted by atomic mass is 9.89. The van der Waals surface area contributed by atoms with Crippen molar-refractivity contribution in [3.63, 3.8) is 0 Å². The first-order valence-electron chi connectivity index (χ1n) is 9.76. The summed E-state index contributed by atoms with van der Waals surface area (Å²) in [6.07, 6.45) is -1.17. The molecule has 0 radical (unpaired) electrons. The number of primary amides is 1. The summed E-state index contributed by atoms with van der Waals surface area (Å²) in [6.45, 7) is 2.17. The number of likely N-dealkylation sites (tertiary alicyclic amines) is 1. The zero-order chi connectivity index (χ0) is 23.5. The molecule has 1 aromatic carbocycles. The highest BCUT2D eigenvalue weighted by atomic mass is 19.4. The molecule has 3 N–H and O–H groups in total. The van der Waals surface area contributed by atoms with Gasteiger partial charge in [0, 0.05) is 12.7 Å². The minimum absolute atomic E-state index is 0.0567. The number of nitrogens with one attached hydrogen (secondary N) is 1. The van der Waals surface area contributed by atoms with E-state index in [1.54, 1.807) is 6.07 Å². The van der Waals surface area contributed by atoms with Crippen molar-refractivity contribution in [2.24, 2.45) is 11.7 Å². The maximum atomic E-state index is 13.0. The number of alkyl halides is 3. The van der Waals surface area contributed by atoms with Gasteiger partial charge in [0.2, 0.25) is 5.91 Å². The molecule has 2 heterocycles. The molecule has 2 aromatic rings. The van der Waals surface area contributed by atoms with Gasteiger partial charge in [0.1, 0.15) is 5.75 Å². The average molecular weight is 450 g/mol. The Morgan fingerprint density at radius 3 is 2.62 bits per heavy atom. The van der Waals surface area contributed by atoms with Crippen molar-refractivity contribution >= 4 is 23.4 Å². The summed E-state index contributed by atoms with van der Waals surface area (Å²) < 4.78 is 41.7. The monoisotopic (exact) mass is 450 g/mol. The number of carbonyl (C=O) groups is 3. The lowest BCUT2D eigenvalue weighted by Crippen LogP contribution is -2.46. The van der Waals surface area contributed by atoms with Gasteiger partial charge in [-0.25, -0.2) is 0 Å². The Bertz CT molecular complexity index is 1030. The van der Waals surface area contributed by atoms with Crippen LogP contribution < -0.4 is 15.8 Å². The molecule has 8 nitrogen and oxygen atoms in total. The number of hydrogen-bond acceptors (Lipinski definition) is 5. The van der Waals surface area contributed by atoms with Crippen LogP contribution in [0.5, 0.6) is 5.75 Å². The first-order valence-corrected chi connectivity index (χ1v) is 9.76. The molecule has 0 bridgehead atoms. The van der Waals surface area contributed by atoms with Gasteiger partial charge in [-0.2, -0.15) is 0 Å². The number of anilines is 1. The van der Waals surface area contributed by atoms with Crippen LogP contribution >= 0.6 is 0 Å². The summed E-state index contributed by atoms with van der Waals surface area (Å²) in [6, 6.07) is 6.05. The Morgan fingerprint density at radius 2 is 1.94 bits per heavy atom. The fraction of sp³-hybridized carbons (Fsp3) is 0.333. The topological polar surface area (TPSA) is 115 Å². The zero-order valence-electron chi connectivity index (χ0n) is 17.1. The van der Waals surface area contributed by atoms with E-state index in [1.165, 1.54) is 41.6 Å². The van der Waals surface area contributed by atoms with Crippen LogP contribution in [0.1, 0.15) is 41.7 Å². The Hall–Kier alpha value is -3.63. The van der Waals surface area contributed by atoms with Gasteiger partial charge in [0.25, 0.3) is 0 Å².